The van der Waals surface area contributed by atoms with E-state index in [1.807, 2.05) is 0 Å². The Morgan fingerprint density at radius 2 is 1.84 bits per heavy atom. The number of aliphatic carboxylic acids is 1. The number of hydrogen-bond donors (Lipinski definition) is 2. The second-order valence-electron chi connectivity index (χ2n) is 6.09. The summed E-state index contributed by atoms with van der Waals surface area (Å²) in [5.74, 6) is -0.942. The first-order valence-corrected chi connectivity index (χ1v) is 7.28. The Bertz CT molecular complexity index is 347. The topological polar surface area (TPSA) is 83.6 Å². The number of carbonyl (C=O) groups is 2. The lowest BCUT2D eigenvalue weighted by Gasteiger charge is -2.37. The molecule has 2 saturated carbocycles. The first-order chi connectivity index (χ1) is 9.06. The fourth-order valence-electron chi connectivity index (χ4n) is 3.13. The highest BCUT2D eigenvalue weighted by Crippen LogP contribution is 2.39. The summed E-state index contributed by atoms with van der Waals surface area (Å²) in [6.45, 7) is 0.370. The van der Waals surface area contributed by atoms with Crippen LogP contribution in [-0.2, 0) is 9.59 Å². The van der Waals surface area contributed by atoms with E-state index in [4.69, 9.17) is 10.8 Å². The van der Waals surface area contributed by atoms with Crippen molar-refractivity contribution in [2.24, 2.45) is 11.1 Å². The fraction of sp³-hybridized carbons (Fsp3) is 0.857. The van der Waals surface area contributed by atoms with Crippen molar-refractivity contribution in [1.82, 2.24) is 4.90 Å². The minimum Gasteiger partial charge on any atom is -0.480 e. The van der Waals surface area contributed by atoms with Gasteiger partial charge in [0.1, 0.15) is 6.54 Å². The van der Waals surface area contributed by atoms with Crippen molar-refractivity contribution in [3.05, 3.63) is 0 Å². The lowest BCUT2D eigenvalue weighted by atomic mass is 9.71. The molecule has 2 aliphatic carbocycles. The zero-order valence-electron chi connectivity index (χ0n) is 11.4. The molecule has 0 spiro atoms. The number of nitrogens with zero attached hydrogens (tertiary/aromatic N) is 1. The maximum atomic E-state index is 12.4. The van der Waals surface area contributed by atoms with Crippen molar-refractivity contribution in [3.63, 3.8) is 0 Å². The summed E-state index contributed by atoms with van der Waals surface area (Å²) < 4.78 is 0. The van der Waals surface area contributed by atoms with Gasteiger partial charge in [0.25, 0.3) is 0 Å². The van der Waals surface area contributed by atoms with Crippen LogP contribution < -0.4 is 5.73 Å². The smallest absolute Gasteiger partial charge is 0.323 e. The van der Waals surface area contributed by atoms with E-state index in [1.54, 1.807) is 4.90 Å². The van der Waals surface area contributed by atoms with E-state index >= 15 is 0 Å². The molecule has 0 bridgehead atoms. The molecule has 3 N–H and O–H groups in total. The van der Waals surface area contributed by atoms with Gasteiger partial charge in [0.05, 0.1) is 0 Å². The molecule has 5 nitrogen and oxygen atoms in total. The Balaban J connectivity index is 1.98. The van der Waals surface area contributed by atoms with E-state index in [-0.39, 0.29) is 23.9 Å². The van der Waals surface area contributed by atoms with Gasteiger partial charge < -0.3 is 15.7 Å². The number of amides is 1. The van der Waals surface area contributed by atoms with Gasteiger partial charge in [0, 0.05) is 12.5 Å². The van der Waals surface area contributed by atoms with Crippen molar-refractivity contribution < 1.29 is 14.7 Å². The third-order valence-electron chi connectivity index (χ3n) is 4.49. The number of carbonyl (C=O) groups excluding carboxylic acids is 1. The lowest BCUT2D eigenvalue weighted by molar-refractivity contribution is -0.146. The number of hydrogen-bond acceptors (Lipinski definition) is 3. The van der Waals surface area contributed by atoms with Gasteiger partial charge in [-0.05, 0) is 37.6 Å². The Kier molecular flexibility index (Phi) is 4.45. The molecule has 19 heavy (non-hydrogen) atoms. The Morgan fingerprint density at radius 3 is 2.32 bits per heavy atom. The Morgan fingerprint density at radius 1 is 1.21 bits per heavy atom. The minimum atomic E-state index is -0.925. The van der Waals surface area contributed by atoms with Crippen LogP contribution in [0.2, 0.25) is 0 Å². The van der Waals surface area contributed by atoms with Gasteiger partial charge in [0.15, 0.2) is 0 Å². The van der Waals surface area contributed by atoms with E-state index in [9.17, 15) is 9.59 Å². The van der Waals surface area contributed by atoms with Crippen LogP contribution in [0.4, 0.5) is 0 Å². The Hall–Kier alpha value is -1.10. The molecule has 0 aliphatic heterocycles. The molecule has 0 aromatic carbocycles. The largest absolute Gasteiger partial charge is 0.480 e. The molecule has 0 unspecified atom stereocenters. The monoisotopic (exact) mass is 268 g/mol. The van der Waals surface area contributed by atoms with Gasteiger partial charge in [0.2, 0.25) is 5.91 Å². The van der Waals surface area contributed by atoms with Gasteiger partial charge in [-0.2, -0.15) is 0 Å². The SMILES string of the molecule is NCC1(CC(=O)N(CC(=O)O)C2CC2)CCCCC1. The summed E-state index contributed by atoms with van der Waals surface area (Å²) in [7, 11) is 0. The molecule has 0 heterocycles. The molecule has 5 heteroatoms. The predicted molar refractivity (Wildman–Crippen MR) is 71.6 cm³/mol. The highest BCUT2D eigenvalue weighted by atomic mass is 16.4. The molecule has 2 fully saturated rings. The standard InChI is InChI=1S/C14H24N2O3/c15-10-14(6-2-1-3-7-14)8-12(17)16(9-13(18)19)11-4-5-11/h11H,1-10,15H2,(H,18,19). The zero-order valence-corrected chi connectivity index (χ0v) is 11.4. The molecule has 0 aromatic heterocycles. The minimum absolute atomic E-state index is 0.0164. The lowest BCUT2D eigenvalue weighted by Crippen LogP contribution is -2.43. The average molecular weight is 268 g/mol. The van der Waals surface area contributed by atoms with E-state index in [0.29, 0.717) is 13.0 Å². The maximum absolute atomic E-state index is 12.4. The molecule has 108 valence electrons. The van der Waals surface area contributed by atoms with Crippen LogP contribution in [-0.4, -0.2) is 41.0 Å². The van der Waals surface area contributed by atoms with Gasteiger partial charge in [-0.3, -0.25) is 9.59 Å². The van der Waals surface area contributed by atoms with Gasteiger partial charge in [-0.25, -0.2) is 0 Å². The zero-order chi connectivity index (χ0) is 13.9. The van der Waals surface area contributed by atoms with Gasteiger partial charge >= 0.3 is 5.97 Å². The predicted octanol–water partition coefficient (Wildman–Crippen LogP) is 1.36. The summed E-state index contributed by atoms with van der Waals surface area (Å²) in [5, 5.41) is 8.92. The summed E-state index contributed by atoms with van der Waals surface area (Å²) in [6, 6.07) is 0.155. The molecule has 2 aliphatic rings. The summed E-state index contributed by atoms with van der Waals surface area (Å²) in [4.78, 5) is 24.8. The van der Waals surface area contributed by atoms with Crippen LogP contribution in [0, 0.1) is 5.41 Å². The molecule has 0 radical (unpaired) electrons. The van der Waals surface area contributed by atoms with E-state index in [2.05, 4.69) is 0 Å². The molecular weight excluding hydrogens is 244 g/mol. The van der Waals surface area contributed by atoms with Crippen molar-refractivity contribution in [1.29, 1.82) is 0 Å². The van der Waals surface area contributed by atoms with Crippen molar-refractivity contribution in [2.75, 3.05) is 13.1 Å². The van der Waals surface area contributed by atoms with Crippen molar-refractivity contribution in [2.45, 2.75) is 57.4 Å². The summed E-state index contributed by atoms with van der Waals surface area (Å²) in [6.07, 6.45) is 7.79. The van der Waals surface area contributed by atoms with Crippen molar-refractivity contribution in [3.8, 4) is 0 Å². The highest BCUT2D eigenvalue weighted by molar-refractivity contribution is 5.82. The van der Waals surface area contributed by atoms with Crippen LogP contribution in [0.25, 0.3) is 0 Å². The highest BCUT2D eigenvalue weighted by Gasteiger charge is 2.39. The normalized spacial score (nSPS) is 21.9. The van der Waals surface area contributed by atoms with Crippen LogP contribution in [0.1, 0.15) is 51.4 Å². The third kappa shape index (κ3) is 3.69. The number of nitrogens with two attached hydrogens (primary N) is 1. The van der Waals surface area contributed by atoms with E-state index in [0.717, 1.165) is 38.5 Å². The van der Waals surface area contributed by atoms with Crippen molar-refractivity contribution >= 4 is 11.9 Å². The molecule has 0 saturated heterocycles. The van der Waals surface area contributed by atoms with Crippen LogP contribution in [0.15, 0.2) is 0 Å². The molecule has 0 aromatic rings. The van der Waals surface area contributed by atoms with Crippen LogP contribution in [0.5, 0.6) is 0 Å². The van der Waals surface area contributed by atoms with Gasteiger partial charge in [-0.1, -0.05) is 19.3 Å². The quantitative estimate of drug-likeness (QED) is 0.762. The molecule has 1 amide bonds. The summed E-state index contributed by atoms with van der Waals surface area (Å²) >= 11 is 0. The van der Waals surface area contributed by atoms with Crippen LogP contribution >= 0.6 is 0 Å². The van der Waals surface area contributed by atoms with E-state index < -0.39 is 5.97 Å². The molecule has 0 atom stereocenters. The van der Waals surface area contributed by atoms with E-state index in [1.165, 1.54) is 6.42 Å². The second kappa shape index (κ2) is 5.90. The second-order valence-corrected chi connectivity index (χ2v) is 6.09. The number of carboxylic acids is 1. The number of rotatable bonds is 6. The number of carboxylic acid groups (broad SMARTS) is 1. The average Bonchev–Trinajstić information content (AvgIpc) is 3.21. The molecular formula is C14H24N2O3. The Labute approximate surface area is 114 Å². The third-order valence-corrected chi connectivity index (χ3v) is 4.49. The first kappa shape index (κ1) is 14.3. The first-order valence-electron chi connectivity index (χ1n) is 7.28. The summed E-state index contributed by atoms with van der Waals surface area (Å²) in [5.41, 5.74) is 5.81. The molecule has 2 rings (SSSR count). The van der Waals surface area contributed by atoms with Crippen LogP contribution in [0.3, 0.4) is 0 Å². The maximum Gasteiger partial charge on any atom is 0.323 e. The van der Waals surface area contributed by atoms with Gasteiger partial charge in [-0.15, -0.1) is 0 Å². The fourth-order valence-corrected chi connectivity index (χ4v) is 3.13.